The molecule has 1 heterocycles. The summed E-state index contributed by atoms with van der Waals surface area (Å²) in [6.45, 7) is 12.6. The number of fused-ring (bicyclic) bond motifs is 1. The highest BCUT2D eigenvalue weighted by molar-refractivity contribution is 9.12. The summed E-state index contributed by atoms with van der Waals surface area (Å²) in [5.74, 6) is -0.476. The zero-order chi connectivity index (χ0) is 25.8. The molecule has 0 radical (unpaired) electrons. The number of hydrogen-bond acceptors (Lipinski definition) is 6. The number of ether oxygens (including phenoxy) is 2. The largest absolute Gasteiger partial charge is 0.444 e. The zero-order valence-corrected chi connectivity index (χ0v) is 23.9. The molecule has 7 nitrogen and oxygen atoms in total. The first-order valence-electron chi connectivity index (χ1n) is 11.3. The van der Waals surface area contributed by atoms with Gasteiger partial charge in [-0.05, 0) is 64.2 Å². The molecule has 0 spiro atoms. The molecular weight excluding hydrogens is 570 g/mol. The predicted octanol–water partition coefficient (Wildman–Crippen LogP) is 5.96. The lowest BCUT2D eigenvalue weighted by atomic mass is 9.98. The van der Waals surface area contributed by atoms with Crippen LogP contribution in [0.2, 0.25) is 0 Å². The Balaban J connectivity index is 2.52. The number of rotatable bonds is 8. The molecule has 1 amide bonds. The second-order valence-corrected chi connectivity index (χ2v) is 11.4. The first-order valence-corrected chi connectivity index (χ1v) is 13.3. The highest BCUT2D eigenvalue weighted by Crippen LogP contribution is 2.35. The molecule has 0 saturated carbocycles. The van der Waals surface area contributed by atoms with Crippen molar-refractivity contribution in [3.8, 4) is 5.75 Å². The predicted molar refractivity (Wildman–Crippen MR) is 140 cm³/mol. The van der Waals surface area contributed by atoms with Gasteiger partial charge in [0.15, 0.2) is 0 Å². The fourth-order valence-corrected chi connectivity index (χ4v) is 4.09. The Labute approximate surface area is 217 Å². The highest BCUT2D eigenvalue weighted by Gasteiger charge is 2.31. The Bertz CT molecular complexity index is 1110. The van der Waals surface area contributed by atoms with Gasteiger partial charge in [0.25, 0.3) is 0 Å². The van der Waals surface area contributed by atoms with E-state index in [-0.39, 0.29) is 10.7 Å². The van der Waals surface area contributed by atoms with Gasteiger partial charge in [0, 0.05) is 27.2 Å². The third-order valence-corrected chi connectivity index (χ3v) is 7.75. The Morgan fingerprint density at radius 3 is 2.41 bits per heavy atom. The lowest BCUT2D eigenvalue weighted by Crippen LogP contribution is -2.48. The van der Waals surface area contributed by atoms with E-state index in [0.29, 0.717) is 35.1 Å². The average molecular weight is 603 g/mol. The normalized spacial score (nSPS) is 14.4. The van der Waals surface area contributed by atoms with E-state index < -0.39 is 29.3 Å². The number of esters is 1. The van der Waals surface area contributed by atoms with Crippen molar-refractivity contribution in [2.75, 3.05) is 5.33 Å². The van der Waals surface area contributed by atoms with Gasteiger partial charge in [0.1, 0.15) is 23.0 Å². The SMILES string of the molecule is CC[C@H](C)[C@@H](NC(=O)OC(C)(C)C)C(=O)Oc1c(C[C@H](Br)CBr)cc2c(C)cc(=O)oc2c1C. The van der Waals surface area contributed by atoms with E-state index in [1.165, 1.54) is 6.07 Å². The number of aryl methyl sites for hydroxylation is 2. The van der Waals surface area contributed by atoms with E-state index in [4.69, 9.17) is 13.9 Å². The molecule has 1 N–H and O–H groups in total. The molecule has 0 aliphatic heterocycles. The second-order valence-electron chi connectivity index (χ2n) is 9.50. The Kier molecular flexibility index (Phi) is 9.77. The van der Waals surface area contributed by atoms with Crippen molar-refractivity contribution in [1.82, 2.24) is 5.32 Å². The minimum atomic E-state index is -0.914. The van der Waals surface area contributed by atoms with Gasteiger partial charge in [-0.25, -0.2) is 14.4 Å². The molecule has 3 atom stereocenters. The van der Waals surface area contributed by atoms with Gasteiger partial charge < -0.3 is 19.2 Å². The number of benzene rings is 1. The Morgan fingerprint density at radius 1 is 1.21 bits per heavy atom. The molecule has 0 fully saturated rings. The van der Waals surface area contributed by atoms with Crippen LogP contribution in [0.25, 0.3) is 11.0 Å². The molecule has 188 valence electrons. The molecule has 0 unspecified atom stereocenters. The summed E-state index contributed by atoms with van der Waals surface area (Å²) in [5, 5.41) is 4.14. The minimum Gasteiger partial charge on any atom is -0.444 e. The number of alkyl halides is 2. The maximum Gasteiger partial charge on any atom is 0.408 e. The van der Waals surface area contributed by atoms with Crippen molar-refractivity contribution in [3.05, 3.63) is 39.2 Å². The molecule has 9 heteroatoms. The highest BCUT2D eigenvalue weighted by atomic mass is 79.9. The van der Waals surface area contributed by atoms with Crippen LogP contribution in [-0.4, -0.2) is 33.9 Å². The van der Waals surface area contributed by atoms with E-state index >= 15 is 0 Å². The number of carbonyl (C=O) groups is 2. The van der Waals surface area contributed by atoms with E-state index in [0.717, 1.165) is 16.5 Å². The molecule has 0 aliphatic rings. The van der Waals surface area contributed by atoms with E-state index in [1.54, 1.807) is 27.7 Å². The van der Waals surface area contributed by atoms with Crippen LogP contribution in [0.5, 0.6) is 5.75 Å². The first kappa shape index (κ1) is 28.4. The molecule has 2 aromatic rings. The second kappa shape index (κ2) is 11.7. The standard InChI is InChI=1S/C25H33Br2NO6/c1-8-13(2)20(28-24(31)34-25(5,6)7)23(30)33-21-15(4)22-18(14(3)9-19(29)32-22)11-16(21)10-17(27)12-26/h9,11,13,17,20H,8,10,12H2,1-7H3,(H,28,31)/t13-,17-,20+/m0/s1. The third kappa shape index (κ3) is 7.31. The summed E-state index contributed by atoms with van der Waals surface area (Å²) in [4.78, 5) is 37.9. The van der Waals surface area contributed by atoms with E-state index in [9.17, 15) is 14.4 Å². The van der Waals surface area contributed by atoms with Crippen molar-refractivity contribution in [2.24, 2.45) is 5.92 Å². The van der Waals surface area contributed by atoms with Crippen LogP contribution >= 0.6 is 31.9 Å². The molecule has 2 rings (SSSR count). The third-order valence-electron chi connectivity index (χ3n) is 5.45. The number of nitrogens with one attached hydrogen (secondary N) is 1. The summed E-state index contributed by atoms with van der Waals surface area (Å²) in [6, 6.07) is 2.42. The minimum absolute atomic E-state index is 0.0862. The Morgan fingerprint density at radius 2 is 1.85 bits per heavy atom. The number of amides is 1. The fourth-order valence-electron chi connectivity index (χ4n) is 3.51. The summed E-state index contributed by atoms with van der Waals surface area (Å²) in [7, 11) is 0. The molecule has 1 aromatic carbocycles. The number of carbonyl (C=O) groups excluding carboxylic acids is 2. The number of hydrogen-bond donors (Lipinski definition) is 1. The molecule has 0 saturated heterocycles. The fraction of sp³-hybridized carbons (Fsp3) is 0.560. The maximum atomic E-state index is 13.3. The lowest BCUT2D eigenvalue weighted by Gasteiger charge is -2.26. The van der Waals surface area contributed by atoms with E-state index in [2.05, 4.69) is 37.2 Å². The van der Waals surface area contributed by atoms with Crippen LogP contribution in [0.15, 0.2) is 21.3 Å². The van der Waals surface area contributed by atoms with Crippen LogP contribution in [0.1, 0.15) is 57.7 Å². The van der Waals surface area contributed by atoms with Gasteiger partial charge in [-0.15, -0.1) is 0 Å². The molecular formula is C25H33Br2NO6. The van der Waals surface area contributed by atoms with Crippen LogP contribution in [0.4, 0.5) is 4.79 Å². The monoisotopic (exact) mass is 601 g/mol. The van der Waals surface area contributed by atoms with Gasteiger partial charge in [-0.3, -0.25) is 0 Å². The van der Waals surface area contributed by atoms with Crippen molar-refractivity contribution >= 4 is 54.9 Å². The van der Waals surface area contributed by atoms with Crippen LogP contribution in [-0.2, 0) is 16.0 Å². The van der Waals surface area contributed by atoms with Gasteiger partial charge in [0.05, 0.1) is 0 Å². The Hall–Kier alpha value is -1.87. The topological polar surface area (TPSA) is 94.8 Å². The molecule has 34 heavy (non-hydrogen) atoms. The van der Waals surface area contributed by atoms with Crippen molar-refractivity contribution < 1.29 is 23.5 Å². The molecule has 0 bridgehead atoms. The van der Waals surface area contributed by atoms with Crippen molar-refractivity contribution in [1.29, 1.82) is 0 Å². The number of halogens is 2. The summed E-state index contributed by atoms with van der Waals surface area (Å²) in [6.07, 6.45) is 0.517. The quantitative estimate of drug-likeness (QED) is 0.173. The first-order chi connectivity index (χ1) is 15.8. The molecule has 0 aliphatic carbocycles. The zero-order valence-electron chi connectivity index (χ0n) is 20.7. The van der Waals surface area contributed by atoms with Crippen LogP contribution in [0, 0.1) is 19.8 Å². The summed E-state index contributed by atoms with van der Waals surface area (Å²) < 4.78 is 16.7. The van der Waals surface area contributed by atoms with Crippen molar-refractivity contribution in [2.45, 2.75) is 77.8 Å². The molecule has 1 aromatic heterocycles. The smallest absolute Gasteiger partial charge is 0.408 e. The van der Waals surface area contributed by atoms with Crippen molar-refractivity contribution in [3.63, 3.8) is 0 Å². The number of alkyl carbamates (subject to hydrolysis) is 1. The van der Waals surface area contributed by atoms with Gasteiger partial charge in [-0.2, -0.15) is 0 Å². The lowest BCUT2D eigenvalue weighted by molar-refractivity contribution is -0.138. The van der Waals surface area contributed by atoms with Crippen LogP contribution in [0.3, 0.4) is 0 Å². The van der Waals surface area contributed by atoms with Crippen LogP contribution < -0.4 is 15.7 Å². The summed E-state index contributed by atoms with van der Waals surface area (Å²) >= 11 is 7.09. The van der Waals surface area contributed by atoms with E-state index in [1.807, 2.05) is 26.8 Å². The van der Waals surface area contributed by atoms with Gasteiger partial charge >= 0.3 is 17.7 Å². The van der Waals surface area contributed by atoms with Gasteiger partial charge in [-0.1, -0.05) is 52.1 Å². The maximum absolute atomic E-state index is 13.3. The average Bonchev–Trinajstić information content (AvgIpc) is 2.73. The van der Waals surface area contributed by atoms with Gasteiger partial charge in [0.2, 0.25) is 0 Å². The summed E-state index contributed by atoms with van der Waals surface area (Å²) in [5.41, 5.74) is 1.32.